The Morgan fingerprint density at radius 1 is 1.37 bits per heavy atom. The number of benzene rings is 1. The number of hydrogen-bond acceptors (Lipinski definition) is 1. The van der Waals surface area contributed by atoms with Crippen LogP contribution in [0.25, 0.3) is 6.08 Å². The average Bonchev–Trinajstić information content (AvgIpc) is 2.27. The molecule has 0 saturated carbocycles. The van der Waals surface area contributed by atoms with Crippen LogP contribution in [-0.2, 0) is 0 Å². The van der Waals surface area contributed by atoms with Crippen molar-refractivity contribution in [2.24, 2.45) is 5.92 Å². The summed E-state index contributed by atoms with van der Waals surface area (Å²) in [6.45, 7) is 11.9. The highest BCUT2D eigenvalue weighted by molar-refractivity contribution is 9.10. The van der Waals surface area contributed by atoms with Crippen LogP contribution < -0.4 is 5.32 Å². The van der Waals surface area contributed by atoms with Gasteiger partial charge < -0.3 is 5.32 Å². The fourth-order valence-corrected chi connectivity index (χ4v) is 2.12. The van der Waals surface area contributed by atoms with Crippen LogP contribution in [0.2, 0.25) is 5.02 Å². The second-order valence-electron chi connectivity index (χ2n) is 6.15. The molecule has 1 aromatic rings. The third kappa shape index (κ3) is 6.11. The van der Waals surface area contributed by atoms with E-state index in [4.69, 9.17) is 11.6 Å². The van der Waals surface area contributed by atoms with Gasteiger partial charge in [0.25, 0.3) is 0 Å². The highest BCUT2D eigenvalue weighted by Gasteiger charge is 2.11. The van der Waals surface area contributed by atoms with E-state index < -0.39 is 0 Å². The summed E-state index contributed by atoms with van der Waals surface area (Å²) in [6, 6.07) is 6.03. The Labute approximate surface area is 130 Å². The molecule has 0 atom stereocenters. The minimum atomic E-state index is 0.133. The van der Waals surface area contributed by atoms with Gasteiger partial charge >= 0.3 is 0 Å². The van der Waals surface area contributed by atoms with Crippen LogP contribution in [0.5, 0.6) is 0 Å². The van der Waals surface area contributed by atoms with Crippen molar-refractivity contribution in [2.75, 3.05) is 6.54 Å². The molecule has 1 rings (SSSR count). The van der Waals surface area contributed by atoms with Gasteiger partial charge in [-0.3, -0.25) is 0 Å². The first-order valence-corrected chi connectivity index (χ1v) is 7.76. The van der Waals surface area contributed by atoms with Gasteiger partial charge in [0.15, 0.2) is 0 Å². The van der Waals surface area contributed by atoms with Gasteiger partial charge in [-0.05, 0) is 60.3 Å². The molecule has 0 bridgehead atoms. The number of rotatable bonds is 4. The minimum absolute atomic E-state index is 0.133. The third-order valence-electron chi connectivity index (χ3n) is 2.86. The second kappa shape index (κ2) is 6.92. The zero-order chi connectivity index (χ0) is 14.6. The molecule has 0 aliphatic heterocycles. The number of halogens is 2. The summed E-state index contributed by atoms with van der Waals surface area (Å²) in [4.78, 5) is 0. The minimum Gasteiger partial charge on any atom is -0.308 e. The summed E-state index contributed by atoms with van der Waals surface area (Å²) in [5.41, 5.74) is 2.70. The first-order chi connectivity index (χ1) is 8.69. The second-order valence-corrected chi connectivity index (χ2v) is 7.41. The van der Waals surface area contributed by atoms with E-state index in [2.05, 4.69) is 68.0 Å². The molecular formula is C16H23BrClN. The van der Waals surface area contributed by atoms with Crippen molar-refractivity contribution in [1.82, 2.24) is 5.32 Å². The Bertz CT molecular complexity index is 458. The molecule has 0 aromatic heterocycles. The van der Waals surface area contributed by atoms with Crippen molar-refractivity contribution in [1.29, 1.82) is 0 Å². The molecule has 1 N–H and O–H groups in total. The SMILES string of the molecule is CC(C)/C(=C/c1ccc(Cl)c(Br)c1)CNC(C)(C)C. The molecule has 0 radical (unpaired) electrons. The van der Waals surface area contributed by atoms with E-state index in [0.29, 0.717) is 5.92 Å². The van der Waals surface area contributed by atoms with Crippen LogP contribution in [0.4, 0.5) is 0 Å². The molecular weight excluding hydrogens is 322 g/mol. The van der Waals surface area contributed by atoms with Crippen LogP contribution in [0.3, 0.4) is 0 Å². The standard InChI is InChI=1S/C16H23BrClN/c1-11(2)13(10-19-16(3,4)5)8-12-6-7-15(18)14(17)9-12/h6-9,11,19H,10H2,1-5H3/b13-8+. The molecule has 0 aliphatic carbocycles. The van der Waals surface area contributed by atoms with Gasteiger partial charge in [-0.15, -0.1) is 0 Å². The van der Waals surface area contributed by atoms with Gasteiger partial charge in [-0.1, -0.05) is 43.2 Å². The van der Waals surface area contributed by atoms with E-state index in [-0.39, 0.29) is 5.54 Å². The van der Waals surface area contributed by atoms with Crippen molar-refractivity contribution in [3.8, 4) is 0 Å². The first kappa shape index (κ1) is 16.7. The summed E-state index contributed by atoms with van der Waals surface area (Å²) < 4.78 is 0.940. The molecule has 0 amide bonds. The van der Waals surface area contributed by atoms with E-state index in [9.17, 15) is 0 Å². The van der Waals surface area contributed by atoms with Crippen LogP contribution >= 0.6 is 27.5 Å². The Balaban J connectivity index is 2.91. The van der Waals surface area contributed by atoms with Crippen LogP contribution in [0.1, 0.15) is 40.2 Å². The lowest BCUT2D eigenvalue weighted by Gasteiger charge is -2.23. The van der Waals surface area contributed by atoms with Crippen LogP contribution in [0, 0.1) is 5.92 Å². The van der Waals surface area contributed by atoms with Gasteiger partial charge in [-0.25, -0.2) is 0 Å². The van der Waals surface area contributed by atoms with Crippen molar-refractivity contribution in [2.45, 2.75) is 40.2 Å². The van der Waals surface area contributed by atoms with Crippen LogP contribution in [-0.4, -0.2) is 12.1 Å². The maximum atomic E-state index is 6.02. The van der Waals surface area contributed by atoms with Crippen LogP contribution in [0.15, 0.2) is 28.2 Å². The lowest BCUT2D eigenvalue weighted by atomic mass is 9.99. The predicted octanol–water partition coefficient (Wildman–Crippen LogP) is 5.53. The molecule has 1 aromatic carbocycles. The molecule has 0 heterocycles. The Hall–Kier alpha value is -0.310. The summed E-state index contributed by atoms with van der Waals surface area (Å²) in [5.74, 6) is 0.518. The van der Waals surface area contributed by atoms with Crippen molar-refractivity contribution in [3.63, 3.8) is 0 Å². The Morgan fingerprint density at radius 3 is 2.47 bits per heavy atom. The summed E-state index contributed by atoms with van der Waals surface area (Å²) in [5, 5.41) is 4.29. The topological polar surface area (TPSA) is 12.0 Å². The molecule has 0 unspecified atom stereocenters. The molecule has 19 heavy (non-hydrogen) atoms. The fraction of sp³-hybridized carbons (Fsp3) is 0.500. The van der Waals surface area contributed by atoms with Gasteiger partial charge in [0.2, 0.25) is 0 Å². The molecule has 0 aliphatic rings. The number of nitrogens with one attached hydrogen (secondary N) is 1. The zero-order valence-electron chi connectivity index (χ0n) is 12.3. The van der Waals surface area contributed by atoms with Gasteiger partial charge in [0.05, 0.1) is 5.02 Å². The summed E-state index contributed by atoms with van der Waals surface area (Å²) in [7, 11) is 0. The molecule has 0 saturated heterocycles. The lowest BCUT2D eigenvalue weighted by molar-refractivity contribution is 0.437. The predicted molar refractivity (Wildman–Crippen MR) is 89.7 cm³/mol. The third-order valence-corrected chi connectivity index (χ3v) is 4.07. The molecule has 0 spiro atoms. The van der Waals surface area contributed by atoms with E-state index in [0.717, 1.165) is 16.0 Å². The molecule has 3 heteroatoms. The van der Waals surface area contributed by atoms with E-state index in [1.165, 1.54) is 11.1 Å². The maximum Gasteiger partial charge on any atom is 0.0548 e. The molecule has 106 valence electrons. The quantitative estimate of drug-likeness (QED) is 0.757. The molecule has 1 nitrogen and oxygen atoms in total. The largest absolute Gasteiger partial charge is 0.308 e. The van der Waals surface area contributed by atoms with E-state index >= 15 is 0 Å². The fourth-order valence-electron chi connectivity index (χ4n) is 1.61. The normalized spacial score (nSPS) is 13.2. The maximum absolute atomic E-state index is 6.02. The lowest BCUT2D eigenvalue weighted by Crippen LogP contribution is -2.37. The Morgan fingerprint density at radius 2 is 2.00 bits per heavy atom. The Kier molecular flexibility index (Phi) is 6.10. The smallest absolute Gasteiger partial charge is 0.0548 e. The first-order valence-electron chi connectivity index (χ1n) is 6.59. The number of hydrogen-bond donors (Lipinski definition) is 1. The highest BCUT2D eigenvalue weighted by Crippen LogP contribution is 2.25. The highest BCUT2D eigenvalue weighted by atomic mass is 79.9. The average molecular weight is 345 g/mol. The van der Waals surface area contributed by atoms with Gasteiger partial charge in [0.1, 0.15) is 0 Å². The van der Waals surface area contributed by atoms with Crippen molar-refractivity contribution < 1.29 is 0 Å². The monoisotopic (exact) mass is 343 g/mol. The van der Waals surface area contributed by atoms with E-state index in [1.54, 1.807) is 0 Å². The van der Waals surface area contributed by atoms with Gasteiger partial charge in [-0.2, -0.15) is 0 Å². The van der Waals surface area contributed by atoms with E-state index in [1.807, 2.05) is 12.1 Å². The summed E-state index contributed by atoms with van der Waals surface area (Å²) in [6.07, 6.45) is 2.24. The molecule has 0 fully saturated rings. The van der Waals surface area contributed by atoms with Crippen molar-refractivity contribution >= 4 is 33.6 Å². The van der Waals surface area contributed by atoms with Gasteiger partial charge in [0, 0.05) is 16.6 Å². The van der Waals surface area contributed by atoms with Crippen molar-refractivity contribution in [3.05, 3.63) is 38.8 Å². The zero-order valence-corrected chi connectivity index (χ0v) is 14.7. The summed E-state index contributed by atoms with van der Waals surface area (Å²) >= 11 is 9.49.